The summed E-state index contributed by atoms with van der Waals surface area (Å²) in [5.41, 5.74) is 1.15. The zero-order valence-electron chi connectivity index (χ0n) is 11.2. The molecule has 0 fully saturated rings. The van der Waals surface area contributed by atoms with E-state index in [0.29, 0.717) is 11.6 Å². The molecule has 2 rings (SSSR count). The first kappa shape index (κ1) is 15.3. The zero-order chi connectivity index (χ0) is 14.2. The number of hydrogen-bond acceptors (Lipinski definition) is 5. The van der Waals surface area contributed by atoms with Gasteiger partial charge in [-0.05, 0) is 23.8 Å². The largest absolute Gasteiger partial charge is 0.383 e. The van der Waals surface area contributed by atoms with Gasteiger partial charge in [-0.3, -0.25) is 0 Å². The lowest BCUT2D eigenvalue weighted by Crippen LogP contribution is -2.18. The van der Waals surface area contributed by atoms with Gasteiger partial charge in [-0.15, -0.1) is 0 Å². The number of hydrogen-bond donors (Lipinski definition) is 1. The van der Waals surface area contributed by atoms with Gasteiger partial charge in [-0.25, -0.2) is 9.97 Å². The van der Waals surface area contributed by atoms with E-state index < -0.39 is 0 Å². The highest BCUT2D eigenvalue weighted by Gasteiger charge is 2.01. The molecule has 2 aromatic rings. The van der Waals surface area contributed by atoms with Crippen molar-refractivity contribution < 1.29 is 4.74 Å². The lowest BCUT2D eigenvalue weighted by molar-refractivity contribution is 0.199. The van der Waals surface area contributed by atoms with Gasteiger partial charge >= 0.3 is 0 Å². The monoisotopic (exact) mass is 309 g/mol. The van der Waals surface area contributed by atoms with Crippen LogP contribution in [0.4, 0.5) is 0 Å². The van der Waals surface area contributed by atoms with Crippen LogP contribution in [0.1, 0.15) is 5.56 Å². The Morgan fingerprint density at radius 2 is 1.90 bits per heavy atom. The molecule has 2 heterocycles. The maximum atomic E-state index is 5.80. The number of aromatic nitrogens is 2. The number of nitrogens with one attached hydrogen (secondary N) is 1. The van der Waals surface area contributed by atoms with Crippen molar-refractivity contribution in [1.82, 2.24) is 15.3 Å². The van der Waals surface area contributed by atoms with E-state index in [1.54, 1.807) is 13.3 Å². The highest BCUT2D eigenvalue weighted by atomic mass is 35.5. The van der Waals surface area contributed by atoms with Gasteiger partial charge in [-0.2, -0.15) is 0 Å². The standard InChI is InChI=1S/C14H16ClN3OS/c1-19-7-6-16-8-11-2-4-13(17-9-11)20-14-5-3-12(15)10-18-14/h2-5,9-10,16H,6-8H2,1H3. The minimum atomic E-state index is 0.639. The third-order valence-corrected chi connectivity index (χ3v) is 3.64. The molecule has 2 aromatic heterocycles. The summed E-state index contributed by atoms with van der Waals surface area (Å²) in [7, 11) is 1.69. The second-order valence-corrected chi connectivity index (χ2v) is 5.57. The molecule has 4 nitrogen and oxygen atoms in total. The van der Waals surface area contributed by atoms with Crippen LogP contribution in [0, 0.1) is 0 Å². The molecule has 0 aliphatic rings. The Labute approximate surface area is 127 Å². The summed E-state index contributed by atoms with van der Waals surface area (Å²) in [4.78, 5) is 8.64. The van der Waals surface area contributed by atoms with Crippen molar-refractivity contribution in [3.8, 4) is 0 Å². The third-order valence-electron chi connectivity index (χ3n) is 2.52. The Morgan fingerprint density at radius 1 is 1.15 bits per heavy atom. The summed E-state index contributed by atoms with van der Waals surface area (Å²) < 4.78 is 4.98. The van der Waals surface area contributed by atoms with Gasteiger partial charge in [0.2, 0.25) is 0 Å². The molecule has 0 radical (unpaired) electrons. The van der Waals surface area contributed by atoms with Crippen molar-refractivity contribution in [2.24, 2.45) is 0 Å². The molecule has 0 spiro atoms. The third kappa shape index (κ3) is 5.09. The van der Waals surface area contributed by atoms with Gasteiger partial charge in [0.15, 0.2) is 0 Å². The number of methoxy groups -OCH3 is 1. The molecule has 0 aliphatic heterocycles. The van der Waals surface area contributed by atoms with E-state index in [2.05, 4.69) is 21.4 Å². The Bertz CT molecular complexity index is 519. The van der Waals surface area contributed by atoms with E-state index in [4.69, 9.17) is 16.3 Å². The highest BCUT2D eigenvalue weighted by molar-refractivity contribution is 7.99. The molecular formula is C14H16ClN3OS. The maximum absolute atomic E-state index is 5.80. The van der Waals surface area contributed by atoms with Gasteiger partial charge in [0, 0.05) is 32.6 Å². The minimum absolute atomic E-state index is 0.639. The van der Waals surface area contributed by atoms with E-state index >= 15 is 0 Å². The van der Waals surface area contributed by atoms with Gasteiger partial charge < -0.3 is 10.1 Å². The lowest BCUT2D eigenvalue weighted by Gasteiger charge is -2.05. The Hall–Kier alpha value is -1.14. The van der Waals surface area contributed by atoms with Crippen LogP contribution in [0.3, 0.4) is 0 Å². The van der Waals surface area contributed by atoms with Crippen molar-refractivity contribution >= 4 is 23.4 Å². The smallest absolute Gasteiger partial charge is 0.102 e. The van der Waals surface area contributed by atoms with Crippen molar-refractivity contribution in [2.75, 3.05) is 20.3 Å². The van der Waals surface area contributed by atoms with Gasteiger partial charge in [0.25, 0.3) is 0 Å². The molecule has 0 saturated carbocycles. The first-order chi connectivity index (χ1) is 9.78. The summed E-state index contributed by atoms with van der Waals surface area (Å²) in [6.07, 6.45) is 3.51. The van der Waals surface area contributed by atoms with Gasteiger partial charge in [0.05, 0.1) is 11.6 Å². The van der Waals surface area contributed by atoms with Crippen LogP contribution >= 0.6 is 23.4 Å². The van der Waals surface area contributed by atoms with E-state index in [-0.39, 0.29) is 0 Å². The molecule has 0 unspecified atom stereocenters. The van der Waals surface area contributed by atoms with E-state index in [0.717, 1.165) is 28.7 Å². The molecule has 0 bridgehead atoms. The number of halogens is 1. The summed E-state index contributed by atoms with van der Waals surface area (Å²) in [6, 6.07) is 7.76. The summed E-state index contributed by atoms with van der Waals surface area (Å²) >= 11 is 7.32. The molecule has 0 atom stereocenters. The number of pyridine rings is 2. The van der Waals surface area contributed by atoms with Crippen LogP contribution in [0.25, 0.3) is 0 Å². The fourth-order valence-corrected chi connectivity index (χ4v) is 2.32. The van der Waals surface area contributed by atoms with Crippen molar-refractivity contribution in [1.29, 1.82) is 0 Å². The van der Waals surface area contributed by atoms with Crippen LogP contribution in [-0.2, 0) is 11.3 Å². The summed E-state index contributed by atoms with van der Waals surface area (Å²) in [5.74, 6) is 0. The maximum Gasteiger partial charge on any atom is 0.102 e. The number of ether oxygens (including phenoxy) is 1. The Morgan fingerprint density at radius 3 is 2.50 bits per heavy atom. The average Bonchev–Trinajstić information content (AvgIpc) is 2.48. The van der Waals surface area contributed by atoms with E-state index in [1.165, 1.54) is 11.8 Å². The minimum Gasteiger partial charge on any atom is -0.383 e. The van der Waals surface area contributed by atoms with Crippen LogP contribution in [0.2, 0.25) is 5.02 Å². The van der Waals surface area contributed by atoms with Crippen molar-refractivity contribution in [3.63, 3.8) is 0 Å². The van der Waals surface area contributed by atoms with E-state index in [1.807, 2.05) is 24.4 Å². The molecule has 6 heteroatoms. The topological polar surface area (TPSA) is 47.0 Å². The quantitative estimate of drug-likeness (QED) is 0.797. The molecular weight excluding hydrogens is 294 g/mol. The SMILES string of the molecule is COCCNCc1ccc(Sc2ccc(Cl)cn2)nc1. The predicted octanol–water partition coefficient (Wildman–Crippen LogP) is 3.02. The predicted molar refractivity (Wildman–Crippen MR) is 81.2 cm³/mol. The molecule has 0 saturated heterocycles. The fraction of sp³-hybridized carbons (Fsp3) is 0.286. The Kier molecular flexibility index (Phi) is 6.26. The summed E-state index contributed by atoms with van der Waals surface area (Å²) in [5, 5.41) is 5.72. The molecule has 0 aliphatic carbocycles. The number of rotatable bonds is 7. The average molecular weight is 310 g/mol. The molecule has 106 valence electrons. The van der Waals surface area contributed by atoms with Gasteiger partial charge in [-0.1, -0.05) is 29.4 Å². The summed E-state index contributed by atoms with van der Waals surface area (Å²) in [6.45, 7) is 2.34. The van der Waals surface area contributed by atoms with Crippen LogP contribution in [0.5, 0.6) is 0 Å². The van der Waals surface area contributed by atoms with Crippen molar-refractivity contribution in [3.05, 3.63) is 47.2 Å². The van der Waals surface area contributed by atoms with Crippen molar-refractivity contribution in [2.45, 2.75) is 16.6 Å². The number of nitrogens with zero attached hydrogens (tertiary/aromatic N) is 2. The Balaban J connectivity index is 1.86. The molecule has 0 aromatic carbocycles. The normalized spacial score (nSPS) is 10.7. The second-order valence-electron chi connectivity index (χ2n) is 4.09. The van der Waals surface area contributed by atoms with Crippen LogP contribution < -0.4 is 5.32 Å². The van der Waals surface area contributed by atoms with Gasteiger partial charge in [0.1, 0.15) is 10.1 Å². The zero-order valence-corrected chi connectivity index (χ0v) is 12.7. The van der Waals surface area contributed by atoms with Crippen LogP contribution in [0.15, 0.2) is 46.7 Å². The molecule has 0 amide bonds. The highest BCUT2D eigenvalue weighted by Crippen LogP contribution is 2.24. The first-order valence-corrected chi connectivity index (χ1v) is 7.41. The first-order valence-electron chi connectivity index (χ1n) is 6.22. The van der Waals surface area contributed by atoms with Crippen LogP contribution in [-0.4, -0.2) is 30.2 Å². The van der Waals surface area contributed by atoms with E-state index in [9.17, 15) is 0 Å². The molecule has 1 N–H and O–H groups in total. The molecule has 20 heavy (non-hydrogen) atoms. The lowest BCUT2D eigenvalue weighted by atomic mass is 10.3. The second kappa shape index (κ2) is 8.21. The fourth-order valence-electron chi connectivity index (χ4n) is 1.51.